The molecular formula is C8H7N3O. The SMILES string of the molecule is C(=Cc1cnc[nH]1)c1ccon1. The van der Waals surface area contributed by atoms with Gasteiger partial charge in [-0.2, -0.15) is 0 Å². The van der Waals surface area contributed by atoms with Crippen LogP contribution in [0.5, 0.6) is 0 Å². The van der Waals surface area contributed by atoms with E-state index >= 15 is 0 Å². The molecule has 0 aliphatic rings. The summed E-state index contributed by atoms with van der Waals surface area (Å²) in [7, 11) is 0. The molecule has 12 heavy (non-hydrogen) atoms. The molecule has 2 aromatic rings. The molecule has 0 radical (unpaired) electrons. The second kappa shape index (κ2) is 3.04. The van der Waals surface area contributed by atoms with Crippen molar-refractivity contribution in [1.29, 1.82) is 0 Å². The van der Waals surface area contributed by atoms with Gasteiger partial charge in [0.05, 0.1) is 18.2 Å². The van der Waals surface area contributed by atoms with E-state index in [4.69, 9.17) is 0 Å². The molecule has 60 valence electrons. The highest BCUT2D eigenvalue weighted by atomic mass is 16.5. The van der Waals surface area contributed by atoms with Gasteiger partial charge in [0.15, 0.2) is 0 Å². The molecule has 0 aromatic carbocycles. The van der Waals surface area contributed by atoms with Crippen molar-refractivity contribution in [3.63, 3.8) is 0 Å². The molecule has 0 aliphatic heterocycles. The molecule has 4 nitrogen and oxygen atoms in total. The number of nitrogens with one attached hydrogen (secondary N) is 1. The lowest BCUT2D eigenvalue weighted by molar-refractivity contribution is 0.418. The van der Waals surface area contributed by atoms with Gasteiger partial charge in [-0.1, -0.05) is 5.16 Å². The Bertz CT molecular complexity index is 311. The van der Waals surface area contributed by atoms with Gasteiger partial charge in [-0.25, -0.2) is 4.98 Å². The Kier molecular flexibility index (Phi) is 1.74. The van der Waals surface area contributed by atoms with Crippen LogP contribution in [0, 0.1) is 0 Å². The van der Waals surface area contributed by atoms with Gasteiger partial charge < -0.3 is 9.51 Å². The van der Waals surface area contributed by atoms with Crippen LogP contribution < -0.4 is 0 Å². The van der Waals surface area contributed by atoms with E-state index in [2.05, 4.69) is 19.6 Å². The van der Waals surface area contributed by atoms with Crippen LogP contribution in [0.3, 0.4) is 0 Å². The molecule has 0 amide bonds. The molecule has 0 aliphatic carbocycles. The lowest BCUT2D eigenvalue weighted by Gasteiger charge is -1.80. The molecular weight excluding hydrogens is 154 g/mol. The molecule has 2 heterocycles. The van der Waals surface area contributed by atoms with Crippen molar-refractivity contribution in [2.45, 2.75) is 0 Å². The maximum atomic E-state index is 4.66. The monoisotopic (exact) mass is 161 g/mol. The highest BCUT2D eigenvalue weighted by Gasteiger charge is 1.89. The Hall–Kier alpha value is -1.84. The van der Waals surface area contributed by atoms with Gasteiger partial charge in [-0.15, -0.1) is 0 Å². The maximum Gasteiger partial charge on any atom is 0.124 e. The van der Waals surface area contributed by atoms with Crippen LogP contribution >= 0.6 is 0 Å². The molecule has 2 rings (SSSR count). The summed E-state index contributed by atoms with van der Waals surface area (Å²) in [6.07, 6.45) is 8.62. The number of aromatic nitrogens is 3. The zero-order chi connectivity index (χ0) is 8.23. The molecule has 0 spiro atoms. The van der Waals surface area contributed by atoms with Gasteiger partial charge >= 0.3 is 0 Å². The predicted octanol–water partition coefficient (Wildman–Crippen LogP) is 1.57. The van der Waals surface area contributed by atoms with Crippen molar-refractivity contribution in [1.82, 2.24) is 15.1 Å². The minimum absolute atomic E-state index is 0.796. The topological polar surface area (TPSA) is 54.7 Å². The second-order valence-electron chi connectivity index (χ2n) is 2.26. The fourth-order valence-corrected chi connectivity index (χ4v) is 0.841. The standard InChI is InChI=1S/C8H7N3O/c1(7-3-4-12-11-7)2-8-5-9-6-10-8/h1-6H,(H,9,10). The normalized spacial score (nSPS) is 11.0. The third-order valence-corrected chi connectivity index (χ3v) is 1.41. The maximum absolute atomic E-state index is 4.66. The molecule has 0 saturated heterocycles. The lowest BCUT2D eigenvalue weighted by atomic mass is 10.3. The highest BCUT2D eigenvalue weighted by Crippen LogP contribution is 2.01. The van der Waals surface area contributed by atoms with Gasteiger partial charge in [0.2, 0.25) is 0 Å². The molecule has 1 N–H and O–H groups in total. The van der Waals surface area contributed by atoms with Crippen LogP contribution in [0.25, 0.3) is 12.2 Å². The average molecular weight is 161 g/mol. The average Bonchev–Trinajstić information content (AvgIpc) is 2.74. The molecule has 0 saturated carbocycles. The number of hydrogen-bond acceptors (Lipinski definition) is 3. The van der Waals surface area contributed by atoms with Crippen molar-refractivity contribution in [3.8, 4) is 0 Å². The minimum atomic E-state index is 0.796. The van der Waals surface area contributed by atoms with Gasteiger partial charge in [-0.05, 0) is 12.2 Å². The van der Waals surface area contributed by atoms with Crippen LogP contribution in [0.15, 0.2) is 29.4 Å². The summed E-state index contributed by atoms with van der Waals surface area (Å²) in [5.74, 6) is 0. The Morgan fingerprint density at radius 1 is 1.42 bits per heavy atom. The number of hydrogen-bond donors (Lipinski definition) is 1. The summed E-state index contributed by atoms with van der Waals surface area (Å²) in [6, 6.07) is 1.78. The Morgan fingerprint density at radius 2 is 2.42 bits per heavy atom. The molecule has 2 aromatic heterocycles. The van der Waals surface area contributed by atoms with Gasteiger partial charge in [0, 0.05) is 6.07 Å². The predicted molar refractivity (Wildman–Crippen MR) is 44.0 cm³/mol. The number of aromatic amines is 1. The second-order valence-corrected chi connectivity index (χ2v) is 2.26. The molecule has 0 atom stereocenters. The quantitative estimate of drug-likeness (QED) is 0.727. The van der Waals surface area contributed by atoms with Crippen molar-refractivity contribution in [2.24, 2.45) is 0 Å². The zero-order valence-corrected chi connectivity index (χ0v) is 6.27. The summed E-state index contributed by atoms with van der Waals surface area (Å²) in [6.45, 7) is 0. The van der Waals surface area contributed by atoms with Crippen molar-refractivity contribution in [2.75, 3.05) is 0 Å². The van der Waals surface area contributed by atoms with E-state index in [-0.39, 0.29) is 0 Å². The minimum Gasteiger partial charge on any atom is -0.364 e. The summed E-state index contributed by atoms with van der Waals surface area (Å²) in [5, 5.41) is 3.72. The molecule has 0 bridgehead atoms. The molecule has 0 fully saturated rings. The zero-order valence-electron chi connectivity index (χ0n) is 6.27. The summed E-state index contributed by atoms with van der Waals surface area (Å²) in [5.41, 5.74) is 1.74. The number of imidazole rings is 1. The van der Waals surface area contributed by atoms with E-state index in [1.807, 2.05) is 12.2 Å². The number of nitrogens with zero attached hydrogens (tertiary/aromatic N) is 2. The summed E-state index contributed by atoms with van der Waals surface area (Å²) < 4.78 is 4.66. The first kappa shape index (κ1) is 6.84. The van der Waals surface area contributed by atoms with E-state index < -0.39 is 0 Å². The highest BCUT2D eigenvalue weighted by molar-refractivity contribution is 5.65. The van der Waals surface area contributed by atoms with E-state index in [9.17, 15) is 0 Å². The first-order chi connectivity index (χ1) is 5.95. The fraction of sp³-hybridized carbons (Fsp3) is 0. The van der Waals surface area contributed by atoms with Crippen LogP contribution in [0.2, 0.25) is 0 Å². The van der Waals surface area contributed by atoms with Gasteiger partial charge in [0.25, 0.3) is 0 Å². The largest absolute Gasteiger partial charge is 0.364 e. The van der Waals surface area contributed by atoms with Crippen LogP contribution in [-0.2, 0) is 0 Å². The van der Waals surface area contributed by atoms with Crippen LogP contribution in [0.1, 0.15) is 11.4 Å². The van der Waals surface area contributed by atoms with Gasteiger partial charge in [-0.3, -0.25) is 0 Å². The first-order valence-electron chi connectivity index (χ1n) is 3.52. The van der Waals surface area contributed by atoms with Crippen molar-refractivity contribution in [3.05, 3.63) is 36.2 Å². The third-order valence-electron chi connectivity index (χ3n) is 1.41. The van der Waals surface area contributed by atoms with Crippen molar-refractivity contribution >= 4 is 12.2 Å². The summed E-state index contributed by atoms with van der Waals surface area (Å²) >= 11 is 0. The summed E-state index contributed by atoms with van der Waals surface area (Å²) in [4.78, 5) is 6.81. The molecule has 0 unspecified atom stereocenters. The van der Waals surface area contributed by atoms with E-state index in [1.54, 1.807) is 18.6 Å². The fourth-order valence-electron chi connectivity index (χ4n) is 0.841. The smallest absolute Gasteiger partial charge is 0.124 e. The van der Waals surface area contributed by atoms with Crippen molar-refractivity contribution < 1.29 is 4.52 Å². The van der Waals surface area contributed by atoms with Crippen LogP contribution in [-0.4, -0.2) is 15.1 Å². The van der Waals surface area contributed by atoms with E-state index in [0.717, 1.165) is 11.4 Å². The number of rotatable bonds is 2. The van der Waals surface area contributed by atoms with E-state index in [1.165, 1.54) is 6.26 Å². The first-order valence-corrected chi connectivity index (χ1v) is 3.52. The lowest BCUT2D eigenvalue weighted by Crippen LogP contribution is -1.69. The Balaban J connectivity index is 2.14. The van der Waals surface area contributed by atoms with Crippen LogP contribution in [0.4, 0.5) is 0 Å². The number of H-pyrrole nitrogens is 1. The van der Waals surface area contributed by atoms with E-state index in [0.29, 0.717) is 0 Å². The molecule has 4 heteroatoms. The Labute approximate surface area is 68.9 Å². The van der Waals surface area contributed by atoms with Gasteiger partial charge in [0.1, 0.15) is 12.0 Å². The third kappa shape index (κ3) is 1.42. The Morgan fingerprint density at radius 3 is 3.08 bits per heavy atom.